The molecule has 1 amide bonds. The minimum Gasteiger partial charge on any atom is -0.399 e. The molecule has 1 fully saturated rings. The first-order valence-electron chi connectivity index (χ1n) is 7.38. The van der Waals surface area contributed by atoms with Crippen molar-refractivity contribution in [1.82, 2.24) is 14.7 Å². The Kier molecular flexibility index (Phi) is 3.90. The number of likely N-dealkylation sites (tertiary alicyclic amines) is 1. The van der Waals surface area contributed by atoms with Gasteiger partial charge < -0.3 is 10.6 Å². The first-order chi connectivity index (χ1) is 10.2. The van der Waals surface area contributed by atoms with E-state index in [1.54, 1.807) is 10.9 Å². The minimum atomic E-state index is 0.150. The van der Waals surface area contributed by atoms with Gasteiger partial charge in [0.15, 0.2) is 0 Å². The monoisotopic (exact) mass is 284 g/mol. The molecule has 3 rings (SSSR count). The molecule has 1 aliphatic heterocycles. The fraction of sp³-hybridized carbons (Fsp3) is 0.375. The summed E-state index contributed by atoms with van der Waals surface area (Å²) in [7, 11) is 0. The smallest absolute Gasteiger partial charge is 0.244 e. The van der Waals surface area contributed by atoms with Crippen LogP contribution in [0.3, 0.4) is 0 Å². The highest BCUT2D eigenvalue weighted by Crippen LogP contribution is 2.20. The highest BCUT2D eigenvalue weighted by molar-refractivity contribution is 5.76. The van der Waals surface area contributed by atoms with Crippen LogP contribution in [0.1, 0.15) is 19.3 Å². The van der Waals surface area contributed by atoms with E-state index >= 15 is 0 Å². The lowest BCUT2D eigenvalue weighted by atomic mass is 10.1. The van der Waals surface area contributed by atoms with Crippen molar-refractivity contribution in [3.8, 4) is 11.1 Å². The Balaban J connectivity index is 1.69. The summed E-state index contributed by atoms with van der Waals surface area (Å²) in [6, 6.07) is 7.67. The Morgan fingerprint density at radius 1 is 1.19 bits per heavy atom. The lowest BCUT2D eigenvalue weighted by Crippen LogP contribution is -2.37. The number of benzene rings is 1. The van der Waals surface area contributed by atoms with Gasteiger partial charge in [0, 0.05) is 30.5 Å². The third-order valence-electron chi connectivity index (χ3n) is 3.86. The first-order valence-corrected chi connectivity index (χ1v) is 7.38. The van der Waals surface area contributed by atoms with Gasteiger partial charge in [-0.25, -0.2) is 0 Å². The molecule has 110 valence electrons. The summed E-state index contributed by atoms with van der Waals surface area (Å²) in [6.45, 7) is 2.06. The first kappa shape index (κ1) is 13.7. The maximum Gasteiger partial charge on any atom is 0.244 e. The van der Waals surface area contributed by atoms with Gasteiger partial charge in [0.1, 0.15) is 6.54 Å². The van der Waals surface area contributed by atoms with Gasteiger partial charge in [0.25, 0.3) is 0 Å². The number of rotatable bonds is 3. The van der Waals surface area contributed by atoms with Gasteiger partial charge in [-0.1, -0.05) is 12.1 Å². The number of hydrogen-bond donors (Lipinski definition) is 1. The van der Waals surface area contributed by atoms with Crippen LogP contribution in [-0.2, 0) is 11.3 Å². The van der Waals surface area contributed by atoms with E-state index in [2.05, 4.69) is 5.10 Å². The molecule has 2 heterocycles. The van der Waals surface area contributed by atoms with Gasteiger partial charge >= 0.3 is 0 Å². The standard InChI is InChI=1S/C16H20N4O/c17-15-6-4-5-13(9-15)14-10-18-20(11-14)12-16(21)19-7-2-1-3-8-19/h4-6,9-11H,1-3,7-8,12,17H2. The summed E-state index contributed by atoms with van der Waals surface area (Å²) in [5.41, 5.74) is 8.52. The van der Waals surface area contributed by atoms with E-state index < -0.39 is 0 Å². The molecule has 0 aliphatic carbocycles. The van der Waals surface area contributed by atoms with Crippen LogP contribution < -0.4 is 5.73 Å². The average Bonchev–Trinajstić information content (AvgIpc) is 2.97. The predicted molar refractivity (Wildman–Crippen MR) is 82.5 cm³/mol. The molecule has 5 heteroatoms. The Morgan fingerprint density at radius 3 is 2.76 bits per heavy atom. The van der Waals surface area contributed by atoms with E-state index in [0.29, 0.717) is 6.54 Å². The fourth-order valence-corrected chi connectivity index (χ4v) is 2.70. The molecule has 5 nitrogen and oxygen atoms in total. The third kappa shape index (κ3) is 3.24. The zero-order chi connectivity index (χ0) is 14.7. The normalized spacial score (nSPS) is 15.1. The molecule has 1 aliphatic rings. The zero-order valence-corrected chi connectivity index (χ0v) is 12.0. The molecule has 1 saturated heterocycles. The molecule has 2 aromatic rings. The number of hydrogen-bond acceptors (Lipinski definition) is 3. The second-order valence-electron chi connectivity index (χ2n) is 5.49. The average molecular weight is 284 g/mol. The van der Waals surface area contributed by atoms with Crippen molar-refractivity contribution in [3.63, 3.8) is 0 Å². The van der Waals surface area contributed by atoms with Crippen molar-refractivity contribution in [2.45, 2.75) is 25.8 Å². The maximum atomic E-state index is 12.2. The SMILES string of the molecule is Nc1cccc(-c2cnn(CC(=O)N3CCCCC3)c2)c1. The number of carbonyl (C=O) groups is 1. The van der Waals surface area contributed by atoms with Gasteiger partial charge in [-0.15, -0.1) is 0 Å². The molecule has 0 saturated carbocycles. The van der Waals surface area contributed by atoms with Crippen molar-refractivity contribution >= 4 is 11.6 Å². The van der Waals surface area contributed by atoms with Gasteiger partial charge in [-0.3, -0.25) is 9.48 Å². The number of nitrogen functional groups attached to an aromatic ring is 1. The van der Waals surface area contributed by atoms with E-state index in [4.69, 9.17) is 5.73 Å². The summed E-state index contributed by atoms with van der Waals surface area (Å²) in [6.07, 6.45) is 7.12. The largest absolute Gasteiger partial charge is 0.399 e. The van der Waals surface area contributed by atoms with Crippen LogP contribution in [0.15, 0.2) is 36.7 Å². The van der Waals surface area contributed by atoms with Gasteiger partial charge in [0.05, 0.1) is 6.20 Å². The van der Waals surface area contributed by atoms with Crippen LogP contribution in [0.2, 0.25) is 0 Å². The topological polar surface area (TPSA) is 64.1 Å². The molecular formula is C16H20N4O. The lowest BCUT2D eigenvalue weighted by molar-refractivity contribution is -0.132. The number of amides is 1. The number of nitrogens with two attached hydrogens (primary N) is 1. The number of anilines is 1. The van der Waals surface area contributed by atoms with Crippen LogP contribution in [-0.4, -0.2) is 33.7 Å². The summed E-state index contributed by atoms with van der Waals surface area (Å²) in [5.74, 6) is 0.150. The molecule has 1 aromatic heterocycles. The number of piperidine rings is 1. The molecular weight excluding hydrogens is 264 g/mol. The van der Waals surface area contributed by atoms with Crippen LogP contribution in [0.4, 0.5) is 5.69 Å². The highest BCUT2D eigenvalue weighted by atomic mass is 16.2. The van der Waals surface area contributed by atoms with E-state index in [1.165, 1.54) is 6.42 Å². The van der Waals surface area contributed by atoms with E-state index in [9.17, 15) is 4.79 Å². The summed E-state index contributed by atoms with van der Waals surface area (Å²) < 4.78 is 1.70. The summed E-state index contributed by atoms with van der Waals surface area (Å²) in [4.78, 5) is 14.1. The van der Waals surface area contributed by atoms with E-state index in [0.717, 1.165) is 42.7 Å². The van der Waals surface area contributed by atoms with Crippen molar-refractivity contribution in [2.24, 2.45) is 0 Å². The Hall–Kier alpha value is -2.30. The number of nitrogens with zero attached hydrogens (tertiary/aromatic N) is 3. The van der Waals surface area contributed by atoms with Gasteiger partial charge in [-0.05, 0) is 37.0 Å². The third-order valence-corrected chi connectivity index (χ3v) is 3.86. The zero-order valence-electron chi connectivity index (χ0n) is 12.0. The number of aromatic nitrogens is 2. The number of carbonyl (C=O) groups excluding carboxylic acids is 1. The molecule has 1 aromatic carbocycles. The summed E-state index contributed by atoms with van der Waals surface area (Å²) in [5, 5.41) is 4.29. The lowest BCUT2D eigenvalue weighted by Gasteiger charge is -2.26. The quantitative estimate of drug-likeness (QED) is 0.878. The van der Waals surface area contributed by atoms with E-state index in [-0.39, 0.29) is 5.91 Å². The van der Waals surface area contributed by atoms with Crippen molar-refractivity contribution in [3.05, 3.63) is 36.7 Å². The molecule has 0 unspecified atom stereocenters. The molecule has 0 bridgehead atoms. The second kappa shape index (κ2) is 5.99. The minimum absolute atomic E-state index is 0.150. The molecule has 21 heavy (non-hydrogen) atoms. The fourth-order valence-electron chi connectivity index (χ4n) is 2.70. The molecule has 0 atom stereocenters. The Bertz CT molecular complexity index is 629. The molecule has 0 radical (unpaired) electrons. The molecule has 2 N–H and O–H groups in total. The van der Waals surface area contributed by atoms with Crippen molar-refractivity contribution in [2.75, 3.05) is 18.8 Å². The summed E-state index contributed by atoms with van der Waals surface area (Å²) >= 11 is 0. The van der Waals surface area contributed by atoms with E-state index in [1.807, 2.05) is 35.4 Å². The predicted octanol–water partition coefficient (Wildman–Crippen LogP) is 2.14. The Labute approximate surface area is 124 Å². The van der Waals surface area contributed by atoms with Gasteiger partial charge in [-0.2, -0.15) is 5.10 Å². The van der Waals surface area contributed by atoms with Crippen molar-refractivity contribution < 1.29 is 4.79 Å². The van der Waals surface area contributed by atoms with Gasteiger partial charge in [0.2, 0.25) is 5.91 Å². The Morgan fingerprint density at radius 2 is 2.00 bits per heavy atom. The van der Waals surface area contributed by atoms with Crippen molar-refractivity contribution in [1.29, 1.82) is 0 Å². The maximum absolute atomic E-state index is 12.2. The van der Waals surface area contributed by atoms with Crippen LogP contribution in [0.25, 0.3) is 11.1 Å². The van der Waals surface area contributed by atoms with Crippen LogP contribution >= 0.6 is 0 Å². The second-order valence-corrected chi connectivity index (χ2v) is 5.49. The van der Waals surface area contributed by atoms with Crippen LogP contribution in [0.5, 0.6) is 0 Å². The van der Waals surface area contributed by atoms with Crippen LogP contribution in [0, 0.1) is 0 Å². The molecule has 0 spiro atoms. The highest BCUT2D eigenvalue weighted by Gasteiger charge is 2.17.